The Morgan fingerprint density at radius 2 is 2.18 bits per heavy atom. The van der Waals surface area contributed by atoms with E-state index in [4.69, 9.17) is 10.4 Å². The molecule has 0 saturated heterocycles. The van der Waals surface area contributed by atoms with E-state index >= 15 is 0 Å². The van der Waals surface area contributed by atoms with Crippen LogP contribution in [0.4, 0.5) is 0 Å². The van der Waals surface area contributed by atoms with Crippen molar-refractivity contribution in [3.8, 4) is 12.0 Å². The van der Waals surface area contributed by atoms with Crippen LogP contribution in [0.2, 0.25) is 0 Å². The largest absolute Gasteiger partial charge is 0.392 e. The molecule has 0 aliphatic heterocycles. The number of para-hydroxylation sites is 1. The Labute approximate surface area is 64.5 Å². The first-order chi connectivity index (χ1) is 5.38. The Bertz CT molecular complexity index is 278. The van der Waals surface area contributed by atoms with Crippen LogP contribution >= 0.6 is 0 Å². The van der Waals surface area contributed by atoms with Crippen LogP contribution in [0.3, 0.4) is 0 Å². The SMILES string of the molecule is N#COc1ccccc1CO. The highest BCUT2D eigenvalue weighted by Gasteiger charge is 1.99. The van der Waals surface area contributed by atoms with E-state index in [1.807, 2.05) is 0 Å². The molecule has 0 aliphatic carbocycles. The van der Waals surface area contributed by atoms with E-state index in [9.17, 15) is 0 Å². The second kappa shape index (κ2) is 3.59. The molecule has 0 amide bonds. The summed E-state index contributed by atoms with van der Waals surface area (Å²) in [6.07, 6.45) is 1.55. The summed E-state index contributed by atoms with van der Waals surface area (Å²) in [4.78, 5) is 0. The van der Waals surface area contributed by atoms with Crippen molar-refractivity contribution in [3.63, 3.8) is 0 Å². The van der Waals surface area contributed by atoms with Crippen molar-refractivity contribution in [2.75, 3.05) is 0 Å². The van der Waals surface area contributed by atoms with Crippen molar-refractivity contribution in [3.05, 3.63) is 29.8 Å². The van der Waals surface area contributed by atoms with Gasteiger partial charge in [-0.2, -0.15) is 0 Å². The van der Waals surface area contributed by atoms with Gasteiger partial charge in [0.2, 0.25) is 0 Å². The van der Waals surface area contributed by atoms with Gasteiger partial charge in [0.05, 0.1) is 6.61 Å². The van der Waals surface area contributed by atoms with E-state index in [-0.39, 0.29) is 6.61 Å². The van der Waals surface area contributed by atoms with E-state index in [0.29, 0.717) is 11.3 Å². The van der Waals surface area contributed by atoms with Crippen LogP contribution in [-0.2, 0) is 6.61 Å². The topological polar surface area (TPSA) is 53.2 Å². The fraction of sp³-hybridized carbons (Fsp3) is 0.125. The summed E-state index contributed by atoms with van der Waals surface area (Å²) < 4.78 is 4.57. The summed E-state index contributed by atoms with van der Waals surface area (Å²) in [5.74, 6) is 0.414. The number of hydrogen-bond donors (Lipinski definition) is 1. The fourth-order valence-electron chi connectivity index (χ4n) is 0.783. The van der Waals surface area contributed by atoms with Crippen LogP contribution in [0.1, 0.15) is 5.56 Å². The molecule has 1 aromatic rings. The first-order valence-corrected chi connectivity index (χ1v) is 3.13. The molecule has 0 aliphatic rings. The lowest BCUT2D eigenvalue weighted by molar-refractivity contribution is 0.277. The fourth-order valence-corrected chi connectivity index (χ4v) is 0.783. The maximum Gasteiger partial charge on any atom is 0.292 e. The van der Waals surface area contributed by atoms with Gasteiger partial charge >= 0.3 is 0 Å². The number of hydrogen-bond acceptors (Lipinski definition) is 3. The third kappa shape index (κ3) is 1.69. The molecule has 0 heterocycles. The Hall–Kier alpha value is -1.53. The van der Waals surface area contributed by atoms with Crippen LogP contribution in [0, 0.1) is 11.5 Å². The predicted molar refractivity (Wildman–Crippen MR) is 38.6 cm³/mol. The molecule has 0 spiro atoms. The molecule has 0 atom stereocenters. The quantitative estimate of drug-likeness (QED) is 0.639. The standard InChI is InChI=1S/C8H7NO2/c9-6-11-8-4-2-1-3-7(8)5-10/h1-4,10H,5H2. The number of aliphatic hydroxyl groups excluding tert-OH is 1. The molecule has 0 saturated carbocycles. The predicted octanol–water partition coefficient (Wildman–Crippen LogP) is 1.04. The maximum atomic E-state index is 8.76. The second-order valence-corrected chi connectivity index (χ2v) is 1.96. The van der Waals surface area contributed by atoms with Gasteiger partial charge in [0.15, 0.2) is 0 Å². The maximum absolute atomic E-state index is 8.76. The summed E-state index contributed by atoms with van der Waals surface area (Å²) >= 11 is 0. The molecule has 3 nitrogen and oxygen atoms in total. The number of aliphatic hydroxyl groups is 1. The molecular formula is C8H7NO2. The molecular weight excluding hydrogens is 142 g/mol. The Morgan fingerprint density at radius 3 is 2.82 bits per heavy atom. The highest BCUT2D eigenvalue weighted by atomic mass is 16.5. The Kier molecular flexibility index (Phi) is 2.47. The van der Waals surface area contributed by atoms with E-state index in [1.54, 1.807) is 30.5 Å². The monoisotopic (exact) mass is 149 g/mol. The molecule has 1 rings (SSSR count). The number of rotatable bonds is 2. The van der Waals surface area contributed by atoms with Gasteiger partial charge in [-0.1, -0.05) is 18.2 Å². The zero-order valence-electron chi connectivity index (χ0n) is 5.82. The van der Waals surface area contributed by atoms with Gasteiger partial charge in [-0.15, -0.1) is 5.26 Å². The molecule has 0 fully saturated rings. The number of benzene rings is 1. The normalized spacial score (nSPS) is 8.73. The van der Waals surface area contributed by atoms with Crippen molar-refractivity contribution in [2.24, 2.45) is 0 Å². The zero-order valence-corrected chi connectivity index (χ0v) is 5.82. The smallest absolute Gasteiger partial charge is 0.292 e. The highest BCUT2D eigenvalue weighted by molar-refractivity contribution is 5.33. The molecule has 0 bridgehead atoms. The third-order valence-electron chi connectivity index (χ3n) is 1.30. The van der Waals surface area contributed by atoms with E-state index in [0.717, 1.165) is 0 Å². The summed E-state index contributed by atoms with van der Waals surface area (Å²) in [5, 5.41) is 16.9. The Morgan fingerprint density at radius 1 is 1.45 bits per heavy atom. The minimum atomic E-state index is -0.113. The van der Waals surface area contributed by atoms with Crippen LogP contribution in [0.5, 0.6) is 5.75 Å². The van der Waals surface area contributed by atoms with Crippen molar-refractivity contribution in [1.82, 2.24) is 0 Å². The first-order valence-electron chi connectivity index (χ1n) is 3.13. The average Bonchev–Trinajstić information content (AvgIpc) is 2.06. The molecule has 11 heavy (non-hydrogen) atoms. The van der Waals surface area contributed by atoms with Crippen molar-refractivity contribution < 1.29 is 9.84 Å². The zero-order chi connectivity index (χ0) is 8.10. The molecule has 1 aromatic carbocycles. The van der Waals surface area contributed by atoms with Gasteiger partial charge in [0.1, 0.15) is 5.75 Å². The van der Waals surface area contributed by atoms with Gasteiger partial charge < -0.3 is 9.84 Å². The lowest BCUT2D eigenvalue weighted by Gasteiger charge is -2.00. The van der Waals surface area contributed by atoms with Gasteiger partial charge in [-0.05, 0) is 6.07 Å². The molecule has 3 heteroatoms. The third-order valence-corrected chi connectivity index (χ3v) is 1.30. The Balaban J connectivity index is 2.94. The van der Waals surface area contributed by atoms with Gasteiger partial charge in [-0.3, -0.25) is 0 Å². The van der Waals surface area contributed by atoms with Crippen LogP contribution in [0.25, 0.3) is 0 Å². The highest BCUT2D eigenvalue weighted by Crippen LogP contribution is 2.16. The summed E-state index contributed by atoms with van der Waals surface area (Å²) in [6.45, 7) is -0.113. The van der Waals surface area contributed by atoms with Crippen LogP contribution < -0.4 is 4.74 Å². The molecule has 1 N–H and O–H groups in total. The first kappa shape index (κ1) is 7.58. The van der Waals surface area contributed by atoms with Crippen molar-refractivity contribution in [1.29, 1.82) is 5.26 Å². The summed E-state index contributed by atoms with van der Waals surface area (Å²) in [6, 6.07) is 6.85. The molecule has 0 radical (unpaired) electrons. The molecule has 0 aromatic heterocycles. The van der Waals surface area contributed by atoms with Gasteiger partial charge in [0, 0.05) is 5.56 Å². The van der Waals surface area contributed by atoms with E-state index in [2.05, 4.69) is 4.74 Å². The van der Waals surface area contributed by atoms with Gasteiger partial charge in [-0.25, -0.2) is 0 Å². The second-order valence-electron chi connectivity index (χ2n) is 1.96. The molecule has 56 valence electrons. The number of ether oxygens (including phenoxy) is 1. The minimum absolute atomic E-state index is 0.113. The molecule has 0 unspecified atom stereocenters. The van der Waals surface area contributed by atoms with Gasteiger partial charge in [0.25, 0.3) is 6.26 Å². The van der Waals surface area contributed by atoms with Crippen LogP contribution in [-0.4, -0.2) is 5.11 Å². The summed E-state index contributed by atoms with van der Waals surface area (Å²) in [7, 11) is 0. The van der Waals surface area contributed by atoms with E-state index < -0.39 is 0 Å². The van der Waals surface area contributed by atoms with Crippen LogP contribution in [0.15, 0.2) is 24.3 Å². The number of nitrogens with zero attached hydrogens (tertiary/aromatic N) is 1. The lowest BCUT2D eigenvalue weighted by Crippen LogP contribution is -1.89. The lowest BCUT2D eigenvalue weighted by atomic mass is 10.2. The average molecular weight is 149 g/mol. The van der Waals surface area contributed by atoms with Crippen molar-refractivity contribution >= 4 is 0 Å². The minimum Gasteiger partial charge on any atom is -0.392 e. The van der Waals surface area contributed by atoms with E-state index in [1.165, 1.54) is 0 Å². The summed E-state index contributed by atoms with van der Waals surface area (Å²) in [5.41, 5.74) is 0.619. The number of nitriles is 1. The van der Waals surface area contributed by atoms with Crippen molar-refractivity contribution in [2.45, 2.75) is 6.61 Å².